The van der Waals surface area contributed by atoms with Crippen LogP contribution in [0.1, 0.15) is 34.3 Å². The molecule has 1 saturated heterocycles. The molecule has 1 atom stereocenters. The summed E-state index contributed by atoms with van der Waals surface area (Å²) < 4.78 is 13.3. The van der Waals surface area contributed by atoms with Gasteiger partial charge in [-0.15, -0.1) is 12.4 Å². The molecule has 2 aromatic carbocycles. The van der Waals surface area contributed by atoms with E-state index in [1.165, 1.54) is 6.07 Å². The van der Waals surface area contributed by atoms with Gasteiger partial charge in [0.1, 0.15) is 5.82 Å². The summed E-state index contributed by atoms with van der Waals surface area (Å²) in [5.74, 6) is -0.178. The lowest BCUT2D eigenvalue weighted by Gasteiger charge is -2.25. The van der Waals surface area contributed by atoms with E-state index in [2.05, 4.69) is 0 Å². The maximum atomic E-state index is 13.3. The summed E-state index contributed by atoms with van der Waals surface area (Å²) in [5.41, 5.74) is 8.23. The molecule has 128 valence electrons. The zero-order valence-electron chi connectivity index (χ0n) is 13.5. The third-order valence-electron chi connectivity index (χ3n) is 4.43. The van der Waals surface area contributed by atoms with Crippen LogP contribution in [0.15, 0.2) is 48.5 Å². The summed E-state index contributed by atoms with van der Waals surface area (Å²) in [6.07, 6.45) is 2.65. The fraction of sp³-hybridized carbons (Fsp3) is 0.316. The number of hydrogen-bond acceptors (Lipinski definition) is 2. The van der Waals surface area contributed by atoms with Crippen molar-refractivity contribution in [2.45, 2.75) is 31.8 Å². The van der Waals surface area contributed by atoms with Gasteiger partial charge in [0.15, 0.2) is 0 Å². The third kappa shape index (κ3) is 4.13. The van der Waals surface area contributed by atoms with Crippen LogP contribution in [-0.2, 0) is 13.0 Å². The van der Waals surface area contributed by atoms with Crippen molar-refractivity contribution in [1.82, 2.24) is 4.90 Å². The Bertz CT molecular complexity index is 690. The molecule has 1 fully saturated rings. The standard InChI is InChI=1S/C19H21FN2O.ClH/c20-17-4-1-3-15(11-17)12-18-5-2-10-22(18)19(23)16-8-6-14(13-21)7-9-16;/h1,3-4,6-9,11,18H,2,5,10,12-13,21H2;1H. The molecular weight excluding hydrogens is 327 g/mol. The summed E-state index contributed by atoms with van der Waals surface area (Å²) in [6, 6.07) is 14.2. The highest BCUT2D eigenvalue weighted by Gasteiger charge is 2.29. The molecule has 5 heteroatoms. The molecular formula is C19H22ClFN2O. The molecule has 0 bridgehead atoms. The first-order chi connectivity index (χ1) is 11.2. The Hall–Kier alpha value is -1.91. The molecule has 1 unspecified atom stereocenters. The highest BCUT2D eigenvalue weighted by Crippen LogP contribution is 2.24. The predicted octanol–water partition coefficient (Wildman–Crippen LogP) is 3.55. The van der Waals surface area contributed by atoms with Crippen molar-refractivity contribution in [2.24, 2.45) is 5.73 Å². The topological polar surface area (TPSA) is 46.3 Å². The van der Waals surface area contributed by atoms with Gasteiger partial charge in [-0.25, -0.2) is 4.39 Å². The van der Waals surface area contributed by atoms with Crippen LogP contribution in [-0.4, -0.2) is 23.4 Å². The van der Waals surface area contributed by atoms with Crippen LogP contribution in [0.5, 0.6) is 0 Å². The van der Waals surface area contributed by atoms with Gasteiger partial charge in [-0.3, -0.25) is 4.79 Å². The number of halogens is 2. The number of rotatable bonds is 4. The molecule has 0 saturated carbocycles. The van der Waals surface area contributed by atoms with Crippen molar-refractivity contribution in [2.75, 3.05) is 6.54 Å². The van der Waals surface area contributed by atoms with Crippen molar-refractivity contribution in [3.05, 3.63) is 71.0 Å². The van der Waals surface area contributed by atoms with E-state index < -0.39 is 0 Å². The van der Waals surface area contributed by atoms with Gasteiger partial charge in [-0.2, -0.15) is 0 Å². The second-order valence-corrected chi connectivity index (χ2v) is 6.03. The van der Waals surface area contributed by atoms with E-state index in [1.807, 2.05) is 35.2 Å². The SMILES string of the molecule is Cl.NCc1ccc(C(=O)N2CCCC2Cc2cccc(F)c2)cc1. The number of likely N-dealkylation sites (tertiary alicyclic amines) is 1. The Kier molecular flexibility index (Phi) is 6.35. The summed E-state index contributed by atoms with van der Waals surface area (Å²) in [4.78, 5) is 14.7. The zero-order valence-corrected chi connectivity index (χ0v) is 14.3. The number of carbonyl (C=O) groups is 1. The van der Waals surface area contributed by atoms with Gasteiger partial charge in [0, 0.05) is 24.7 Å². The summed E-state index contributed by atoms with van der Waals surface area (Å²) in [7, 11) is 0. The molecule has 24 heavy (non-hydrogen) atoms. The quantitative estimate of drug-likeness (QED) is 0.918. The van der Waals surface area contributed by atoms with Gasteiger partial charge in [-0.05, 0) is 54.7 Å². The minimum atomic E-state index is -0.226. The fourth-order valence-electron chi connectivity index (χ4n) is 3.20. The van der Waals surface area contributed by atoms with Crippen LogP contribution in [0.3, 0.4) is 0 Å². The maximum Gasteiger partial charge on any atom is 0.254 e. The number of nitrogens with two attached hydrogens (primary N) is 1. The van der Waals surface area contributed by atoms with E-state index in [0.717, 1.165) is 30.5 Å². The van der Waals surface area contributed by atoms with E-state index in [9.17, 15) is 9.18 Å². The Morgan fingerprint density at radius 1 is 1.17 bits per heavy atom. The van der Waals surface area contributed by atoms with Gasteiger partial charge in [-0.1, -0.05) is 24.3 Å². The zero-order chi connectivity index (χ0) is 16.2. The Morgan fingerprint density at radius 3 is 2.58 bits per heavy atom. The second kappa shape index (κ2) is 8.27. The predicted molar refractivity (Wildman–Crippen MR) is 95.7 cm³/mol. The summed E-state index contributed by atoms with van der Waals surface area (Å²) in [6.45, 7) is 1.23. The van der Waals surface area contributed by atoms with E-state index in [4.69, 9.17) is 5.73 Å². The maximum absolute atomic E-state index is 13.3. The van der Waals surface area contributed by atoms with Gasteiger partial charge >= 0.3 is 0 Å². The summed E-state index contributed by atoms with van der Waals surface area (Å²) in [5, 5.41) is 0. The summed E-state index contributed by atoms with van der Waals surface area (Å²) >= 11 is 0. The number of amides is 1. The third-order valence-corrected chi connectivity index (χ3v) is 4.43. The number of benzene rings is 2. The lowest BCUT2D eigenvalue weighted by Crippen LogP contribution is -2.36. The molecule has 1 amide bonds. The number of nitrogens with zero attached hydrogens (tertiary/aromatic N) is 1. The number of carbonyl (C=O) groups excluding carboxylic acids is 1. The van der Waals surface area contributed by atoms with Crippen LogP contribution < -0.4 is 5.73 Å². The van der Waals surface area contributed by atoms with Crippen molar-refractivity contribution < 1.29 is 9.18 Å². The molecule has 1 heterocycles. The molecule has 1 aliphatic rings. The average Bonchev–Trinajstić information content (AvgIpc) is 3.02. The van der Waals surface area contributed by atoms with Crippen molar-refractivity contribution in [3.63, 3.8) is 0 Å². The highest BCUT2D eigenvalue weighted by molar-refractivity contribution is 5.94. The lowest BCUT2D eigenvalue weighted by molar-refractivity contribution is 0.0736. The Balaban J connectivity index is 0.00000208. The lowest BCUT2D eigenvalue weighted by atomic mass is 10.0. The normalized spacial score (nSPS) is 16.8. The van der Waals surface area contributed by atoms with Crippen LogP contribution in [0.25, 0.3) is 0 Å². The van der Waals surface area contributed by atoms with Gasteiger partial charge in [0.2, 0.25) is 0 Å². The van der Waals surface area contributed by atoms with Crippen molar-refractivity contribution in [3.8, 4) is 0 Å². The Labute approximate surface area is 148 Å². The smallest absolute Gasteiger partial charge is 0.254 e. The van der Waals surface area contributed by atoms with Crippen LogP contribution >= 0.6 is 12.4 Å². The van der Waals surface area contributed by atoms with Crippen molar-refractivity contribution in [1.29, 1.82) is 0 Å². The van der Waals surface area contributed by atoms with Gasteiger partial charge in [0.25, 0.3) is 5.91 Å². The first kappa shape index (κ1) is 18.4. The minimum absolute atomic E-state index is 0. The molecule has 0 radical (unpaired) electrons. The Morgan fingerprint density at radius 2 is 1.92 bits per heavy atom. The first-order valence-corrected chi connectivity index (χ1v) is 8.02. The average molecular weight is 349 g/mol. The van der Waals surface area contributed by atoms with E-state index in [0.29, 0.717) is 18.5 Å². The van der Waals surface area contributed by atoms with E-state index in [1.54, 1.807) is 12.1 Å². The molecule has 3 rings (SSSR count). The fourth-order valence-corrected chi connectivity index (χ4v) is 3.20. The monoisotopic (exact) mass is 348 g/mol. The minimum Gasteiger partial charge on any atom is -0.335 e. The number of hydrogen-bond donors (Lipinski definition) is 1. The van der Waals surface area contributed by atoms with Crippen LogP contribution in [0, 0.1) is 5.82 Å². The van der Waals surface area contributed by atoms with Gasteiger partial charge < -0.3 is 10.6 Å². The van der Waals surface area contributed by atoms with Crippen LogP contribution in [0.4, 0.5) is 4.39 Å². The largest absolute Gasteiger partial charge is 0.335 e. The van der Waals surface area contributed by atoms with E-state index in [-0.39, 0.29) is 30.2 Å². The van der Waals surface area contributed by atoms with Gasteiger partial charge in [0.05, 0.1) is 0 Å². The molecule has 0 aromatic heterocycles. The molecule has 2 N–H and O–H groups in total. The van der Waals surface area contributed by atoms with E-state index >= 15 is 0 Å². The first-order valence-electron chi connectivity index (χ1n) is 8.02. The molecule has 0 spiro atoms. The van der Waals surface area contributed by atoms with Crippen molar-refractivity contribution >= 4 is 18.3 Å². The molecule has 1 aliphatic heterocycles. The molecule has 0 aliphatic carbocycles. The molecule has 3 nitrogen and oxygen atoms in total. The highest BCUT2D eigenvalue weighted by atomic mass is 35.5. The van der Waals surface area contributed by atoms with Crippen LogP contribution in [0.2, 0.25) is 0 Å². The second-order valence-electron chi connectivity index (χ2n) is 6.03. The molecule has 2 aromatic rings.